The van der Waals surface area contributed by atoms with Gasteiger partial charge in [-0.05, 0) is 70.5 Å². The summed E-state index contributed by atoms with van der Waals surface area (Å²) >= 11 is 1.77. The van der Waals surface area contributed by atoms with Gasteiger partial charge in [0.15, 0.2) is 0 Å². The zero-order valence-corrected chi connectivity index (χ0v) is 24.0. The Balaban J connectivity index is 1.20. The molecule has 0 aliphatic rings. The highest BCUT2D eigenvalue weighted by Gasteiger charge is 2.09. The van der Waals surface area contributed by atoms with Crippen molar-refractivity contribution in [1.29, 1.82) is 0 Å². The second-order valence-electron chi connectivity index (χ2n) is 9.87. The van der Waals surface area contributed by atoms with Crippen LogP contribution in [0, 0.1) is 0 Å². The molecule has 0 heterocycles. The third kappa shape index (κ3) is 7.47. The Morgan fingerprint density at radius 1 is 0.732 bits per heavy atom. The summed E-state index contributed by atoms with van der Waals surface area (Å²) in [6, 6.07) is 34.6. The van der Waals surface area contributed by atoms with Crippen LogP contribution in [0.5, 0.6) is 5.75 Å². The lowest BCUT2D eigenvalue weighted by molar-refractivity contribution is -0.118. The highest BCUT2D eigenvalue weighted by atomic mass is 32.2. The molecule has 0 unspecified atom stereocenters. The van der Waals surface area contributed by atoms with E-state index in [-0.39, 0.29) is 11.8 Å². The van der Waals surface area contributed by atoms with E-state index in [1.165, 1.54) is 33.7 Å². The van der Waals surface area contributed by atoms with E-state index in [0.29, 0.717) is 25.3 Å². The Morgan fingerprint density at radius 3 is 2.24 bits per heavy atom. The topological polar surface area (TPSA) is 67.4 Å². The monoisotopic (exact) mass is 562 g/mol. The Hall–Kier alpha value is -4.29. The fraction of sp³-hybridized carbons (Fsp3) is 0.200. The van der Waals surface area contributed by atoms with E-state index in [1.807, 2.05) is 42.5 Å². The van der Waals surface area contributed by atoms with Crippen LogP contribution in [-0.4, -0.2) is 37.3 Å². The van der Waals surface area contributed by atoms with Gasteiger partial charge in [-0.25, -0.2) is 0 Å². The number of nitrogens with one attached hydrogen (secondary N) is 2. The number of fused-ring (bicyclic) bond motifs is 2. The van der Waals surface area contributed by atoms with Crippen LogP contribution >= 0.6 is 11.8 Å². The zero-order valence-electron chi connectivity index (χ0n) is 23.2. The van der Waals surface area contributed by atoms with E-state index in [2.05, 4.69) is 71.3 Å². The first-order chi connectivity index (χ1) is 20.1. The van der Waals surface area contributed by atoms with Crippen LogP contribution in [0.25, 0.3) is 21.5 Å². The lowest BCUT2D eigenvalue weighted by atomic mass is 10.0. The number of thioether (sulfide) groups is 1. The average Bonchev–Trinajstić information content (AvgIpc) is 2.99. The van der Waals surface area contributed by atoms with Gasteiger partial charge in [0.05, 0.1) is 6.61 Å². The van der Waals surface area contributed by atoms with Gasteiger partial charge in [-0.1, -0.05) is 72.8 Å². The minimum absolute atomic E-state index is 0.0191. The molecule has 41 heavy (non-hydrogen) atoms. The summed E-state index contributed by atoms with van der Waals surface area (Å²) in [6.07, 6.45) is 1.51. The normalized spacial score (nSPS) is 11.0. The molecule has 0 aliphatic carbocycles. The Morgan fingerprint density at radius 2 is 1.44 bits per heavy atom. The number of hydrogen-bond acceptors (Lipinski definition) is 4. The predicted molar refractivity (Wildman–Crippen MR) is 169 cm³/mol. The van der Waals surface area contributed by atoms with Crippen molar-refractivity contribution in [3.63, 3.8) is 0 Å². The molecule has 208 valence electrons. The van der Waals surface area contributed by atoms with E-state index >= 15 is 0 Å². The van der Waals surface area contributed by atoms with Gasteiger partial charge in [0.2, 0.25) is 5.91 Å². The number of benzene rings is 5. The number of rotatable bonds is 12. The van der Waals surface area contributed by atoms with Crippen molar-refractivity contribution < 1.29 is 14.3 Å². The molecule has 0 spiro atoms. The lowest BCUT2D eigenvalue weighted by Crippen LogP contribution is -2.25. The molecule has 0 saturated carbocycles. The Kier molecular flexibility index (Phi) is 9.55. The van der Waals surface area contributed by atoms with Crippen LogP contribution in [0.15, 0.2) is 108 Å². The summed E-state index contributed by atoms with van der Waals surface area (Å²) in [6.45, 7) is 3.30. The third-order valence-corrected chi connectivity index (χ3v) is 7.95. The number of carbonyl (C=O) groups is 2. The van der Waals surface area contributed by atoms with Crippen molar-refractivity contribution in [2.75, 3.05) is 25.4 Å². The minimum Gasteiger partial charge on any atom is -0.492 e. The largest absolute Gasteiger partial charge is 0.492 e. The fourth-order valence-electron chi connectivity index (χ4n) is 5.02. The highest BCUT2D eigenvalue weighted by Crippen LogP contribution is 2.30. The minimum atomic E-state index is -0.0480. The summed E-state index contributed by atoms with van der Waals surface area (Å²) in [7, 11) is 0. The van der Waals surface area contributed by atoms with E-state index in [0.717, 1.165) is 35.1 Å². The smallest absolute Gasteiger partial charge is 0.251 e. The maximum atomic E-state index is 12.4. The molecule has 0 atom stereocenters. The molecule has 5 aromatic carbocycles. The maximum Gasteiger partial charge on any atom is 0.251 e. The average molecular weight is 563 g/mol. The van der Waals surface area contributed by atoms with Gasteiger partial charge in [-0.3, -0.25) is 9.59 Å². The van der Waals surface area contributed by atoms with Gasteiger partial charge in [-0.15, -0.1) is 11.8 Å². The summed E-state index contributed by atoms with van der Waals surface area (Å²) in [5, 5.41) is 10.6. The van der Waals surface area contributed by atoms with Crippen molar-refractivity contribution in [2.45, 2.75) is 24.7 Å². The molecule has 0 saturated heterocycles. The molecule has 2 amide bonds. The number of hydrogen-bond donors (Lipinski definition) is 2. The summed E-state index contributed by atoms with van der Waals surface area (Å²) in [5.74, 6) is 1.62. The van der Waals surface area contributed by atoms with Crippen molar-refractivity contribution >= 4 is 45.1 Å². The number of amides is 2. The van der Waals surface area contributed by atoms with Crippen LogP contribution < -0.4 is 15.4 Å². The van der Waals surface area contributed by atoms with Gasteiger partial charge >= 0.3 is 0 Å². The quantitative estimate of drug-likeness (QED) is 0.129. The van der Waals surface area contributed by atoms with Gasteiger partial charge < -0.3 is 15.4 Å². The summed E-state index contributed by atoms with van der Waals surface area (Å²) < 4.78 is 6.28. The SMILES string of the molecule is CC(=O)NCCc1cccc2cccc(OCCSc3ccc4cccc(CCNC(=O)c5ccccc5)c4c3)c12. The number of carbonyl (C=O) groups excluding carboxylic acids is 2. The summed E-state index contributed by atoms with van der Waals surface area (Å²) in [5.41, 5.74) is 3.06. The highest BCUT2D eigenvalue weighted by molar-refractivity contribution is 7.99. The molecule has 0 aromatic heterocycles. The molecular formula is C35H34N2O3S. The van der Waals surface area contributed by atoms with Crippen LogP contribution in [0.1, 0.15) is 28.4 Å². The molecular weight excluding hydrogens is 528 g/mol. The first kappa shape index (κ1) is 28.2. The number of ether oxygens (including phenoxy) is 1. The molecule has 0 bridgehead atoms. The Labute approximate surface area is 245 Å². The zero-order chi connectivity index (χ0) is 28.4. The standard InChI is InChI=1S/C35H34N2O3S/c1-25(38)36-20-19-29-13-6-12-28-14-7-15-33(34(28)29)40-22-23-41-31-17-16-26-10-5-11-27(32(26)24-31)18-21-37-35(39)30-8-3-2-4-9-30/h2-17,24H,18-23H2,1H3,(H,36,38)(H,37,39). The van der Waals surface area contributed by atoms with E-state index < -0.39 is 0 Å². The third-order valence-electron chi connectivity index (χ3n) is 6.99. The van der Waals surface area contributed by atoms with Crippen LogP contribution in [0.4, 0.5) is 0 Å². The van der Waals surface area contributed by atoms with E-state index in [1.54, 1.807) is 11.8 Å². The molecule has 0 radical (unpaired) electrons. The molecule has 5 rings (SSSR count). The second kappa shape index (κ2) is 13.9. The second-order valence-corrected chi connectivity index (χ2v) is 11.0. The van der Waals surface area contributed by atoms with Gasteiger partial charge in [0, 0.05) is 41.6 Å². The molecule has 0 fully saturated rings. The molecule has 5 aromatic rings. The van der Waals surface area contributed by atoms with Crippen LogP contribution in [0.3, 0.4) is 0 Å². The van der Waals surface area contributed by atoms with Crippen molar-refractivity contribution in [2.24, 2.45) is 0 Å². The van der Waals surface area contributed by atoms with Crippen molar-refractivity contribution in [3.05, 3.63) is 120 Å². The first-order valence-corrected chi connectivity index (χ1v) is 14.9. The maximum absolute atomic E-state index is 12.4. The van der Waals surface area contributed by atoms with Crippen LogP contribution in [-0.2, 0) is 17.6 Å². The van der Waals surface area contributed by atoms with Gasteiger partial charge in [-0.2, -0.15) is 0 Å². The fourth-order valence-corrected chi connectivity index (χ4v) is 5.79. The lowest BCUT2D eigenvalue weighted by Gasteiger charge is -2.14. The molecule has 5 nitrogen and oxygen atoms in total. The van der Waals surface area contributed by atoms with E-state index in [9.17, 15) is 9.59 Å². The van der Waals surface area contributed by atoms with Crippen molar-refractivity contribution in [3.8, 4) is 5.75 Å². The van der Waals surface area contributed by atoms with Crippen molar-refractivity contribution in [1.82, 2.24) is 10.6 Å². The predicted octanol–water partition coefficient (Wildman–Crippen LogP) is 6.82. The first-order valence-electron chi connectivity index (χ1n) is 13.9. The van der Waals surface area contributed by atoms with Crippen LogP contribution in [0.2, 0.25) is 0 Å². The van der Waals surface area contributed by atoms with E-state index in [4.69, 9.17) is 4.74 Å². The Bertz CT molecular complexity index is 1650. The van der Waals surface area contributed by atoms with Gasteiger partial charge in [0.25, 0.3) is 5.91 Å². The molecule has 6 heteroatoms. The molecule has 0 aliphatic heterocycles. The molecule has 2 N–H and O–H groups in total. The summed E-state index contributed by atoms with van der Waals surface area (Å²) in [4.78, 5) is 24.9. The van der Waals surface area contributed by atoms with Gasteiger partial charge in [0.1, 0.15) is 5.75 Å².